The average Bonchev–Trinajstić information content (AvgIpc) is 3.05. The molecule has 136 valence electrons. The monoisotopic (exact) mass is 382 g/mol. The van der Waals surface area contributed by atoms with Crippen LogP contribution in [-0.4, -0.2) is 67.4 Å². The third kappa shape index (κ3) is 3.65. The van der Waals surface area contributed by atoms with Crippen molar-refractivity contribution in [3.8, 4) is 0 Å². The number of thiazole rings is 1. The Hall–Kier alpha value is -1.26. The molecule has 0 unspecified atom stereocenters. The van der Waals surface area contributed by atoms with E-state index in [9.17, 15) is 8.42 Å². The van der Waals surface area contributed by atoms with E-state index in [0.717, 1.165) is 28.2 Å². The van der Waals surface area contributed by atoms with Crippen molar-refractivity contribution in [3.05, 3.63) is 24.3 Å². The van der Waals surface area contributed by atoms with Crippen molar-refractivity contribution in [2.45, 2.75) is 18.9 Å². The number of morpholine rings is 1. The summed E-state index contributed by atoms with van der Waals surface area (Å²) in [5.74, 6) is 0. The quantitative estimate of drug-likeness (QED) is 0.872. The van der Waals surface area contributed by atoms with Gasteiger partial charge >= 0.3 is 0 Å². The molecular weight excluding hydrogens is 360 g/mol. The number of piperidine rings is 1. The minimum absolute atomic E-state index is 0.261. The van der Waals surface area contributed by atoms with Gasteiger partial charge in [-0.05, 0) is 25.0 Å². The first-order chi connectivity index (χ1) is 12.1. The molecule has 0 spiro atoms. The number of rotatable bonds is 4. The van der Waals surface area contributed by atoms with Gasteiger partial charge < -0.3 is 10.1 Å². The predicted molar refractivity (Wildman–Crippen MR) is 99.1 cm³/mol. The van der Waals surface area contributed by atoms with Crippen LogP contribution in [-0.2, 0) is 14.9 Å². The van der Waals surface area contributed by atoms with Gasteiger partial charge in [-0.3, -0.25) is 0 Å². The molecule has 0 bridgehead atoms. The number of ether oxygens (including phenoxy) is 1. The summed E-state index contributed by atoms with van der Waals surface area (Å²) in [5.41, 5.74) is 1.00. The molecule has 0 aliphatic carbocycles. The number of para-hydroxylation sites is 1. The molecule has 9 heteroatoms. The summed E-state index contributed by atoms with van der Waals surface area (Å²) in [5, 5.41) is 4.39. The maximum absolute atomic E-state index is 12.7. The summed E-state index contributed by atoms with van der Waals surface area (Å²) in [6, 6.07) is 8.33. The fourth-order valence-electron chi connectivity index (χ4n) is 3.28. The van der Waals surface area contributed by atoms with Gasteiger partial charge in [0.05, 0.1) is 23.4 Å². The molecule has 0 amide bonds. The van der Waals surface area contributed by atoms with Gasteiger partial charge in [-0.2, -0.15) is 17.0 Å². The van der Waals surface area contributed by atoms with E-state index in [1.54, 1.807) is 15.6 Å². The number of hydrogen-bond donors (Lipinski definition) is 1. The van der Waals surface area contributed by atoms with E-state index in [1.165, 1.54) is 4.31 Å². The van der Waals surface area contributed by atoms with E-state index in [1.807, 2.05) is 18.2 Å². The summed E-state index contributed by atoms with van der Waals surface area (Å²) in [7, 11) is -3.36. The Balaban J connectivity index is 1.36. The largest absolute Gasteiger partial charge is 0.379 e. The van der Waals surface area contributed by atoms with E-state index in [-0.39, 0.29) is 6.04 Å². The molecule has 2 aromatic rings. The Kier molecular flexibility index (Phi) is 4.92. The number of aromatic nitrogens is 1. The first-order valence-electron chi connectivity index (χ1n) is 8.58. The number of hydrogen-bond acceptors (Lipinski definition) is 6. The second-order valence-corrected chi connectivity index (χ2v) is 9.28. The summed E-state index contributed by atoms with van der Waals surface area (Å²) in [6.07, 6.45) is 1.58. The summed E-state index contributed by atoms with van der Waals surface area (Å²) < 4.78 is 34.9. The standard InChI is InChI=1S/C16H22N4O3S2/c21-25(22,20-9-11-23-12-10-20)19-7-5-13(6-8-19)17-16-18-14-3-1-2-4-15(14)24-16/h1-4,13H,5-12H2,(H,17,18). The number of anilines is 1. The third-order valence-electron chi connectivity index (χ3n) is 4.70. The van der Waals surface area contributed by atoms with Crippen LogP contribution in [0.2, 0.25) is 0 Å². The highest BCUT2D eigenvalue weighted by molar-refractivity contribution is 7.86. The molecule has 2 aliphatic rings. The highest BCUT2D eigenvalue weighted by Crippen LogP contribution is 2.28. The summed E-state index contributed by atoms with van der Waals surface area (Å²) >= 11 is 1.64. The van der Waals surface area contributed by atoms with Gasteiger partial charge in [0.25, 0.3) is 10.2 Å². The molecule has 1 aromatic heterocycles. The molecule has 7 nitrogen and oxygen atoms in total. The second kappa shape index (κ2) is 7.16. The Morgan fingerprint density at radius 1 is 1.08 bits per heavy atom. The fraction of sp³-hybridized carbons (Fsp3) is 0.562. The lowest BCUT2D eigenvalue weighted by Crippen LogP contribution is -2.51. The predicted octanol–water partition coefficient (Wildman–Crippen LogP) is 1.75. The van der Waals surface area contributed by atoms with Crippen molar-refractivity contribution < 1.29 is 13.2 Å². The molecule has 1 N–H and O–H groups in total. The molecule has 2 aliphatic heterocycles. The van der Waals surface area contributed by atoms with Crippen LogP contribution in [0.25, 0.3) is 10.2 Å². The molecule has 2 fully saturated rings. The Morgan fingerprint density at radius 3 is 2.48 bits per heavy atom. The second-order valence-electron chi connectivity index (χ2n) is 6.32. The number of benzene rings is 1. The van der Waals surface area contributed by atoms with Gasteiger partial charge in [-0.25, -0.2) is 4.98 Å². The zero-order valence-corrected chi connectivity index (χ0v) is 15.6. The van der Waals surface area contributed by atoms with Crippen LogP contribution in [0.1, 0.15) is 12.8 Å². The van der Waals surface area contributed by atoms with Gasteiger partial charge in [-0.15, -0.1) is 0 Å². The highest BCUT2D eigenvalue weighted by Gasteiger charge is 2.33. The van der Waals surface area contributed by atoms with Crippen molar-refractivity contribution in [2.75, 3.05) is 44.7 Å². The van der Waals surface area contributed by atoms with Crippen LogP contribution in [0.4, 0.5) is 5.13 Å². The minimum atomic E-state index is -3.36. The van der Waals surface area contributed by atoms with Crippen LogP contribution in [0.5, 0.6) is 0 Å². The molecular formula is C16H22N4O3S2. The van der Waals surface area contributed by atoms with E-state index in [2.05, 4.69) is 16.4 Å². The maximum atomic E-state index is 12.7. The van der Waals surface area contributed by atoms with Gasteiger partial charge in [0.15, 0.2) is 5.13 Å². The van der Waals surface area contributed by atoms with Crippen molar-refractivity contribution >= 4 is 36.9 Å². The maximum Gasteiger partial charge on any atom is 0.282 e. The molecule has 0 saturated carbocycles. The van der Waals surface area contributed by atoms with Crippen LogP contribution < -0.4 is 5.32 Å². The van der Waals surface area contributed by atoms with Crippen molar-refractivity contribution in [2.24, 2.45) is 0 Å². The topological polar surface area (TPSA) is 74.8 Å². The lowest BCUT2D eigenvalue weighted by atomic mass is 10.1. The first kappa shape index (κ1) is 17.2. The van der Waals surface area contributed by atoms with Gasteiger partial charge in [0, 0.05) is 32.2 Å². The zero-order chi connectivity index (χ0) is 17.3. The average molecular weight is 383 g/mol. The van der Waals surface area contributed by atoms with Crippen molar-refractivity contribution in [3.63, 3.8) is 0 Å². The number of nitrogens with zero attached hydrogens (tertiary/aromatic N) is 3. The molecule has 4 rings (SSSR count). The van der Waals surface area contributed by atoms with Gasteiger partial charge in [-0.1, -0.05) is 23.5 Å². The van der Waals surface area contributed by atoms with E-state index >= 15 is 0 Å². The van der Waals surface area contributed by atoms with Crippen molar-refractivity contribution in [1.82, 2.24) is 13.6 Å². The zero-order valence-electron chi connectivity index (χ0n) is 13.9. The Labute approximate surface area is 151 Å². The van der Waals surface area contributed by atoms with Crippen molar-refractivity contribution in [1.29, 1.82) is 0 Å². The summed E-state index contributed by atoms with van der Waals surface area (Å²) in [6.45, 7) is 2.95. The Morgan fingerprint density at radius 2 is 1.76 bits per heavy atom. The Bertz CT molecular complexity index is 792. The molecule has 3 heterocycles. The van der Waals surface area contributed by atoms with E-state index in [4.69, 9.17) is 4.74 Å². The lowest BCUT2D eigenvalue weighted by Gasteiger charge is -2.36. The highest BCUT2D eigenvalue weighted by atomic mass is 32.2. The van der Waals surface area contributed by atoms with E-state index in [0.29, 0.717) is 39.4 Å². The summed E-state index contributed by atoms with van der Waals surface area (Å²) in [4.78, 5) is 4.60. The molecule has 0 atom stereocenters. The molecule has 1 aromatic carbocycles. The molecule has 0 radical (unpaired) electrons. The lowest BCUT2D eigenvalue weighted by molar-refractivity contribution is 0.0697. The van der Waals surface area contributed by atoms with Gasteiger partial charge in [0.1, 0.15) is 0 Å². The number of fused-ring (bicyclic) bond motifs is 1. The van der Waals surface area contributed by atoms with Crippen LogP contribution >= 0.6 is 11.3 Å². The van der Waals surface area contributed by atoms with E-state index < -0.39 is 10.2 Å². The molecule has 25 heavy (non-hydrogen) atoms. The normalized spacial score (nSPS) is 21.6. The fourth-order valence-corrected chi connectivity index (χ4v) is 5.83. The van der Waals surface area contributed by atoms with Crippen LogP contribution in [0, 0.1) is 0 Å². The third-order valence-corrected chi connectivity index (χ3v) is 7.70. The van der Waals surface area contributed by atoms with Crippen LogP contribution in [0.15, 0.2) is 24.3 Å². The van der Waals surface area contributed by atoms with Crippen LogP contribution in [0.3, 0.4) is 0 Å². The SMILES string of the molecule is O=S(=O)(N1CCOCC1)N1CCC(Nc2nc3ccccc3s2)CC1. The smallest absolute Gasteiger partial charge is 0.282 e. The minimum Gasteiger partial charge on any atom is -0.379 e. The number of nitrogens with one attached hydrogen (secondary N) is 1. The van der Waals surface area contributed by atoms with Gasteiger partial charge in [0.2, 0.25) is 0 Å². The first-order valence-corrected chi connectivity index (χ1v) is 10.8. The molecule has 2 saturated heterocycles.